The zero-order chi connectivity index (χ0) is 13.1. The first-order valence-electron chi connectivity index (χ1n) is 6.48. The molecule has 1 atom stereocenters. The van der Waals surface area contributed by atoms with E-state index < -0.39 is 0 Å². The fourth-order valence-electron chi connectivity index (χ4n) is 2.69. The summed E-state index contributed by atoms with van der Waals surface area (Å²) in [5.41, 5.74) is 6.61. The van der Waals surface area contributed by atoms with E-state index in [-0.39, 0.29) is 0 Å². The lowest BCUT2D eigenvalue weighted by Crippen LogP contribution is -2.39. The van der Waals surface area contributed by atoms with Gasteiger partial charge >= 0.3 is 0 Å². The fourth-order valence-corrected chi connectivity index (χ4v) is 2.85. The number of aromatic nitrogens is 1. The first kappa shape index (κ1) is 13.4. The minimum atomic E-state index is 0.584. The summed E-state index contributed by atoms with van der Waals surface area (Å²) in [5, 5.41) is 0.584. The van der Waals surface area contributed by atoms with Gasteiger partial charge in [-0.25, -0.2) is 4.98 Å². The third-order valence-electron chi connectivity index (χ3n) is 3.61. The molecule has 1 unspecified atom stereocenters. The number of likely N-dealkylation sites (N-methyl/N-ethyl adjacent to an activating group) is 2. The third-order valence-corrected chi connectivity index (χ3v) is 3.82. The number of nitrogen functional groups attached to an aromatic ring is 1. The lowest BCUT2D eigenvalue weighted by atomic mass is 10.2. The Morgan fingerprint density at radius 2 is 2.39 bits per heavy atom. The van der Waals surface area contributed by atoms with Crippen LogP contribution >= 0.6 is 11.6 Å². The minimum absolute atomic E-state index is 0.584. The topological polar surface area (TPSA) is 45.4 Å². The Bertz CT molecular complexity index is 410. The van der Waals surface area contributed by atoms with E-state index in [1.54, 1.807) is 12.3 Å². The lowest BCUT2D eigenvalue weighted by Gasteiger charge is -2.28. The average Bonchev–Trinajstić information content (AvgIpc) is 2.76. The summed E-state index contributed by atoms with van der Waals surface area (Å²) in [4.78, 5) is 8.97. The summed E-state index contributed by atoms with van der Waals surface area (Å²) in [7, 11) is 2.04. The normalized spacial score (nSPS) is 20.3. The summed E-state index contributed by atoms with van der Waals surface area (Å²) in [5.74, 6) is 0.822. The number of pyridine rings is 1. The molecule has 1 aliphatic heterocycles. The molecular formula is C13H21ClN4. The van der Waals surface area contributed by atoms with E-state index in [0.29, 0.717) is 16.8 Å². The van der Waals surface area contributed by atoms with Gasteiger partial charge in [0, 0.05) is 25.8 Å². The van der Waals surface area contributed by atoms with Crippen LogP contribution in [0.25, 0.3) is 0 Å². The van der Waals surface area contributed by atoms with Crippen molar-refractivity contribution in [2.75, 3.05) is 37.3 Å². The van der Waals surface area contributed by atoms with Crippen LogP contribution in [0.15, 0.2) is 12.3 Å². The molecule has 0 aromatic carbocycles. The molecule has 2 rings (SSSR count). The maximum absolute atomic E-state index is 5.96. The van der Waals surface area contributed by atoms with Crippen molar-refractivity contribution in [2.45, 2.75) is 25.8 Å². The van der Waals surface area contributed by atoms with Gasteiger partial charge in [-0.2, -0.15) is 0 Å². The Morgan fingerprint density at radius 1 is 1.61 bits per heavy atom. The Morgan fingerprint density at radius 3 is 3.06 bits per heavy atom. The molecule has 1 aromatic heterocycles. The predicted molar refractivity (Wildman–Crippen MR) is 77.2 cm³/mol. The van der Waals surface area contributed by atoms with Gasteiger partial charge in [0.2, 0.25) is 0 Å². The van der Waals surface area contributed by atoms with E-state index in [1.165, 1.54) is 19.4 Å². The molecule has 5 heteroatoms. The molecule has 0 spiro atoms. The van der Waals surface area contributed by atoms with Crippen molar-refractivity contribution >= 4 is 23.1 Å². The van der Waals surface area contributed by atoms with Gasteiger partial charge in [-0.3, -0.25) is 4.90 Å². The van der Waals surface area contributed by atoms with Gasteiger partial charge in [-0.1, -0.05) is 18.5 Å². The van der Waals surface area contributed by atoms with Crippen molar-refractivity contribution in [3.8, 4) is 0 Å². The molecule has 2 heterocycles. The van der Waals surface area contributed by atoms with E-state index >= 15 is 0 Å². The monoisotopic (exact) mass is 268 g/mol. The second-order valence-corrected chi connectivity index (χ2v) is 5.31. The van der Waals surface area contributed by atoms with Crippen molar-refractivity contribution in [3.63, 3.8) is 0 Å². The second-order valence-electron chi connectivity index (χ2n) is 4.87. The van der Waals surface area contributed by atoms with E-state index in [2.05, 4.69) is 21.7 Å². The molecule has 2 N–H and O–H groups in total. The number of hydrogen-bond acceptors (Lipinski definition) is 4. The average molecular weight is 269 g/mol. The predicted octanol–water partition coefficient (Wildman–Crippen LogP) is 2.24. The molecule has 0 bridgehead atoms. The molecular weight excluding hydrogens is 248 g/mol. The lowest BCUT2D eigenvalue weighted by molar-refractivity contribution is 0.270. The molecule has 1 saturated heterocycles. The summed E-state index contributed by atoms with van der Waals surface area (Å²) < 4.78 is 0. The van der Waals surface area contributed by atoms with Crippen LogP contribution in [0.3, 0.4) is 0 Å². The molecule has 0 radical (unpaired) electrons. The van der Waals surface area contributed by atoms with Crippen LogP contribution in [0.5, 0.6) is 0 Å². The molecule has 1 aromatic rings. The highest BCUT2D eigenvalue weighted by Crippen LogP contribution is 2.24. The van der Waals surface area contributed by atoms with E-state index in [4.69, 9.17) is 17.3 Å². The quantitative estimate of drug-likeness (QED) is 0.910. The fraction of sp³-hybridized carbons (Fsp3) is 0.615. The number of nitrogens with zero attached hydrogens (tertiary/aromatic N) is 3. The van der Waals surface area contributed by atoms with Gasteiger partial charge < -0.3 is 10.6 Å². The highest BCUT2D eigenvalue weighted by atomic mass is 35.5. The molecule has 18 heavy (non-hydrogen) atoms. The molecule has 0 saturated carbocycles. The molecule has 0 aliphatic carbocycles. The third kappa shape index (κ3) is 2.87. The Balaban J connectivity index is 2.05. The van der Waals surface area contributed by atoms with Gasteiger partial charge in [0.05, 0.1) is 10.7 Å². The highest BCUT2D eigenvalue weighted by Gasteiger charge is 2.24. The van der Waals surface area contributed by atoms with Crippen LogP contribution in [-0.2, 0) is 0 Å². The van der Waals surface area contributed by atoms with Crippen molar-refractivity contribution in [2.24, 2.45) is 0 Å². The van der Waals surface area contributed by atoms with Gasteiger partial charge in [-0.15, -0.1) is 0 Å². The standard InChI is InChI=1S/C13H21ClN4/c1-3-18-6-4-5-11(18)9-17(2)13-12(15)7-10(14)8-16-13/h7-8,11H,3-6,9,15H2,1-2H3. The molecule has 0 amide bonds. The van der Waals surface area contributed by atoms with Crippen molar-refractivity contribution < 1.29 is 0 Å². The van der Waals surface area contributed by atoms with Crippen LogP contribution in [0.1, 0.15) is 19.8 Å². The summed E-state index contributed by atoms with van der Waals surface area (Å²) >= 11 is 5.87. The number of likely N-dealkylation sites (tertiary alicyclic amines) is 1. The summed E-state index contributed by atoms with van der Waals surface area (Å²) in [6.45, 7) is 5.50. The van der Waals surface area contributed by atoms with Crippen molar-refractivity contribution in [1.82, 2.24) is 9.88 Å². The SMILES string of the molecule is CCN1CCCC1CN(C)c1ncc(Cl)cc1N. The highest BCUT2D eigenvalue weighted by molar-refractivity contribution is 6.30. The van der Waals surface area contributed by atoms with Crippen LogP contribution in [-0.4, -0.2) is 42.6 Å². The first-order valence-corrected chi connectivity index (χ1v) is 6.85. The summed E-state index contributed by atoms with van der Waals surface area (Å²) in [6.07, 6.45) is 4.19. The van der Waals surface area contributed by atoms with Crippen LogP contribution in [0.4, 0.5) is 11.5 Å². The van der Waals surface area contributed by atoms with Crippen molar-refractivity contribution in [1.29, 1.82) is 0 Å². The Labute approximate surface area is 114 Å². The van der Waals surface area contributed by atoms with Crippen LogP contribution in [0.2, 0.25) is 5.02 Å². The van der Waals surface area contributed by atoms with E-state index in [1.807, 2.05) is 7.05 Å². The first-order chi connectivity index (χ1) is 8.61. The molecule has 1 aliphatic rings. The van der Waals surface area contributed by atoms with Crippen LogP contribution in [0, 0.1) is 0 Å². The van der Waals surface area contributed by atoms with E-state index in [0.717, 1.165) is 18.9 Å². The summed E-state index contributed by atoms with van der Waals surface area (Å²) in [6, 6.07) is 2.36. The number of nitrogens with two attached hydrogens (primary N) is 1. The number of hydrogen-bond donors (Lipinski definition) is 1. The second kappa shape index (κ2) is 5.76. The number of rotatable bonds is 4. The molecule has 4 nitrogen and oxygen atoms in total. The van der Waals surface area contributed by atoms with Gasteiger partial charge in [0.25, 0.3) is 0 Å². The number of halogens is 1. The Kier molecular flexibility index (Phi) is 4.30. The van der Waals surface area contributed by atoms with Gasteiger partial charge in [-0.05, 0) is 32.0 Å². The van der Waals surface area contributed by atoms with E-state index in [9.17, 15) is 0 Å². The smallest absolute Gasteiger partial charge is 0.151 e. The van der Waals surface area contributed by atoms with Gasteiger partial charge in [0.1, 0.15) is 0 Å². The maximum Gasteiger partial charge on any atom is 0.151 e. The zero-order valence-corrected chi connectivity index (χ0v) is 11.8. The Hall–Kier alpha value is -1.00. The van der Waals surface area contributed by atoms with Gasteiger partial charge in [0.15, 0.2) is 5.82 Å². The van der Waals surface area contributed by atoms with Crippen molar-refractivity contribution in [3.05, 3.63) is 17.3 Å². The maximum atomic E-state index is 5.96. The molecule has 100 valence electrons. The number of anilines is 2. The largest absolute Gasteiger partial charge is 0.396 e. The molecule has 1 fully saturated rings. The zero-order valence-electron chi connectivity index (χ0n) is 11.1. The van der Waals surface area contributed by atoms with Crippen LogP contribution < -0.4 is 10.6 Å². The minimum Gasteiger partial charge on any atom is -0.396 e.